The van der Waals surface area contributed by atoms with E-state index in [0.29, 0.717) is 6.04 Å². The zero-order chi connectivity index (χ0) is 12.1. The zero-order valence-electron chi connectivity index (χ0n) is 11.0. The lowest BCUT2D eigenvalue weighted by molar-refractivity contribution is 0.500. The number of likely N-dealkylation sites (N-methyl/N-ethyl adjacent to an activating group) is 1. The Labute approximate surface area is 104 Å². The molecule has 0 spiro atoms. The highest BCUT2D eigenvalue weighted by Crippen LogP contribution is 2.22. The van der Waals surface area contributed by atoms with Crippen LogP contribution in [0.15, 0.2) is 6.33 Å². The van der Waals surface area contributed by atoms with Crippen molar-refractivity contribution in [3.63, 3.8) is 0 Å². The Morgan fingerprint density at radius 2 is 2.06 bits per heavy atom. The summed E-state index contributed by atoms with van der Waals surface area (Å²) >= 11 is 0. The van der Waals surface area contributed by atoms with Crippen molar-refractivity contribution in [3.8, 4) is 0 Å². The molecule has 1 aliphatic carbocycles. The molecule has 17 heavy (non-hydrogen) atoms. The molecule has 94 valence electrons. The van der Waals surface area contributed by atoms with Crippen LogP contribution in [0.4, 0.5) is 0 Å². The molecular formula is C14H23N3. The molecule has 3 heteroatoms. The van der Waals surface area contributed by atoms with E-state index in [0.717, 1.165) is 25.8 Å². The maximum absolute atomic E-state index is 4.51. The summed E-state index contributed by atoms with van der Waals surface area (Å²) in [7, 11) is 0. The summed E-state index contributed by atoms with van der Waals surface area (Å²) in [4.78, 5) is 8.94. The minimum Gasteiger partial charge on any atom is -0.314 e. The van der Waals surface area contributed by atoms with E-state index < -0.39 is 0 Å². The van der Waals surface area contributed by atoms with Crippen molar-refractivity contribution < 1.29 is 0 Å². The largest absolute Gasteiger partial charge is 0.314 e. The molecule has 1 heterocycles. The van der Waals surface area contributed by atoms with E-state index in [1.807, 2.05) is 0 Å². The molecule has 3 nitrogen and oxygen atoms in total. The molecule has 0 saturated heterocycles. The fourth-order valence-corrected chi connectivity index (χ4v) is 2.65. The van der Waals surface area contributed by atoms with Gasteiger partial charge < -0.3 is 5.32 Å². The van der Waals surface area contributed by atoms with Crippen LogP contribution < -0.4 is 5.32 Å². The third-order valence-corrected chi connectivity index (χ3v) is 3.64. The number of fused-ring (bicyclic) bond motifs is 1. The molecule has 1 aromatic rings. The molecule has 1 atom stereocenters. The lowest BCUT2D eigenvalue weighted by Crippen LogP contribution is -2.31. The highest BCUT2D eigenvalue weighted by molar-refractivity contribution is 5.27. The third kappa shape index (κ3) is 3.03. The summed E-state index contributed by atoms with van der Waals surface area (Å²) < 4.78 is 0. The van der Waals surface area contributed by atoms with Gasteiger partial charge in [0, 0.05) is 23.9 Å². The summed E-state index contributed by atoms with van der Waals surface area (Å²) in [5, 5.41) is 3.53. The van der Waals surface area contributed by atoms with Crippen LogP contribution in [0.5, 0.6) is 0 Å². The van der Waals surface area contributed by atoms with Crippen molar-refractivity contribution in [2.75, 3.05) is 6.54 Å². The summed E-state index contributed by atoms with van der Waals surface area (Å²) in [6.07, 6.45) is 8.86. The smallest absolute Gasteiger partial charge is 0.115 e. The highest BCUT2D eigenvalue weighted by atomic mass is 14.9. The summed E-state index contributed by atoms with van der Waals surface area (Å²) in [5.74, 6) is 0. The van der Waals surface area contributed by atoms with Gasteiger partial charge in [0.25, 0.3) is 0 Å². The molecule has 2 rings (SSSR count). The number of rotatable bonds is 5. The van der Waals surface area contributed by atoms with Crippen molar-refractivity contribution in [1.29, 1.82) is 0 Å². The molecule has 1 aromatic heterocycles. The molecular weight excluding hydrogens is 210 g/mol. The molecule has 0 amide bonds. The van der Waals surface area contributed by atoms with Crippen molar-refractivity contribution in [3.05, 3.63) is 23.3 Å². The Balaban J connectivity index is 2.14. The van der Waals surface area contributed by atoms with E-state index in [1.54, 1.807) is 6.33 Å². The summed E-state index contributed by atoms with van der Waals surface area (Å²) in [6, 6.07) is 0.556. The predicted molar refractivity (Wildman–Crippen MR) is 70.1 cm³/mol. The second-order valence-electron chi connectivity index (χ2n) is 4.82. The van der Waals surface area contributed by atoms with Crippen LogP contribution in [0, 0.1) is 0 Å². The van der Waals surface area contributed by atoms with Gasteiger partial charge in [-0.3, -0.25) is 0 Å². The van der Waals surface area contributed by atoms with E-state index in [2.05, 4.69) is 29.1 Å². The van der Waals surface area contributed by atoms with Crippen molar-refractivity contribution in [2.24, 2.45) is 0 Å². The van der Waals surface area contributed by atoms with Crippen LogP contribution in [-0.4, -0.2) is 22.6 Å². The van der Waals surface area contributed by atoms with Crippen LogP contribution in [0.25, 0.3) is 0 Å². The third-order valence-electron chi connectivity index (χ3n) is 3.64. The van der Waals surface area contributed by atoms with Crippen LogP contribution in [0.2, 0.25) is 0 Å². The topological polar surface area (TPSA) is 37.8 Å². The minimum absolute atomic E-state index is 0.556. The van der Waals surface area contributed by atoms with Crippen molar-refractivity contribution >= 4 is 0 Å². The number of hydrogen-bond acceptors (Lipinski definition) is 3. The zero-order valence-corrected chi connectivity index (χ0v) is 11.0. The van der Waals surface area contributed by atoms with Gasteiger partial charge in [0.1, 0.15) is 6.33 Å². The number of nitrogens with zero attached hydrogens (tertiary/aromatic N) is 2. The van der Waals surface area contributed by atoms with Crippen molar-refractivity contribution in [1.82, 2.24) is 15.3 Å². The van der Waals surface area contributed by atoms with Gasteiger partial charge in [-0.2, -0.15) is 0 Å². The van der Waals surface area contributed by atoms with Crippen LogP contribution >= 0.6 is 0 Å². The normalized spacial score (nSPS) is 16.6. The summed E-state index contributed by atoms with van der Waals surface area (Å²) in [6.45, 7) is 5.44. The standard InChI is InChI=1S/C14H23N3/c1-3-11(15-4-2)9-14-12-7-5-6-8-13(12)16-10-17-14/h10-11,15H,3-9H2,1-2H3. The van der Waals surface area contributed by atoms with E-state index in [9.17, 15) is 0 Å². The average molecular weight is 233 g/mol. The van der Waals surface area contributed by atoms with Gasteiger partial charge in [0.15, 0.2) is 0 Å². The molecule has 0 saturated carbocycles. The van der Waals surface area contributed by atoms with Crippen LogP contribution in [-0.2, 0) is 19.3 Å². The van der Waals surface area contributed by atoms with E-state index in [-0.39, 0.29) is 0 Å². The van der Waals surface area contributed by atoms with Gasteiger partial charge in [0.05, 0.1) is 0 Å². The Bertz CT molecular complexity index is 362. The van der Waals surface area contributed by atoms with Crippen LogP contribution in [0.1, 0.15) is 50.1 Å². The Morgan fingerprint density at radius 1 is 1.24 bits per heavy atom. The first-order chi connectivity index (χ1) is 8.35. The van der Waals surface area contributed by atoms with Gasteiger partial charge in [-0.15, -0.1) is 0 Å². The molecule has 0 bridgehead atoms. The maximum atomic E-state index is 4.51. The SMILES string of the molecule is CCNC(CC)Cc1ncnc2c1CCCC2. The van der Waals surface area contributed by atoms with Crippen LogP contribution in [0.3, 0.4) is 0 Å². The molecule has 0 aromatic carbocycles. The molecule has 1 aliphatic rings. The molecule has 1 unspecified atom stereocenters. The minimum atomic E-state index is 0.556. The number of aromatic nitrogens is 2. The van der Waals surface area contributed by atoms with Crippen molar-refractivity contribution in [2.45, 2.75) is 58.4 Å². The molecule has 0 radical (unpaired) electrons. The number of hydrogen-bond donors (Lipinski definition) is 1. The number of aryl methyl sites for hydroxylation is 1. The van der Waals surface area contributed by atoms with Gasteiger partial charge in [-0.05, 0) is 44.2 Å². The fraction of sp³-hybridized carbons (Fsp3) is 0.714. The number of nitrogens with one attached hydrogen (secondary N) is 1. The molecule has 0 fully saturated rings. The second-order valence-corrected chi connectivity index (χ2v) is 4.82. The fourth-order valence-electron chi connectivity index (χ4n) is 2.65. The molecule has 0 aliphatic heterocycles. The summed E-state index contributed by atoms with van der Waals surface area (Å²) in [5.41, 5.74) is 4.02. The predicted octanol–water partition coefficient (Wildman–Crippen LogP) is 2.29. The lowest BCUT2D eigenvalue weighted by atomic mass is 9.92. The first-order valence-electron chi connectivity index (χ1n) is 6.90. The Kier molecular flexibility index (Phi) is 4.49. The van der Waals surface area contributed by atoms with Gasteiger partial charge in [-0.1, -0.05) is 13.8 Å². The first-order valence-corrected chi connectivity index (χ1v) is 6.90. The van der Waals surface area contributed by atoms with E-state index >= 15 is 0 Å². The van der Waals surface area contributed by atoms with E-state index in [4.69, 9.17) is 0 Å². The van der Waals surface area contributed by atoms with E-state index in [1.165, 1.54) is 36.2 Å². The maximum Gasteiger partial charge on any atom is 0.115 e. The second kappa shape index (κ2) is 6.10. The van der Waals surface area contributed by atoms with Gasteiger partial charge in [0.2, 0.25) is 0 Å². The van der Waals surface area contributed by atoms with Gasteiger partial charge >= 0.3 is 0 Å². The quantitative estimate of drug-likeness (QED) is 0.848. The first kappa shape index (κ1) is 12.5. The Hall–Kier alpha value is -0.960. The lowest BCUT2D eigenvalue weighted by Gasteiger charge is -2.21. The molecule has 1 N–H and O–H groups in total. The monoisotopic (exact) mass is 233 g/mol. The highest BCUT2D eigenvalue weighted by Gasteiger charge is 2.17. The average Bonchev–Trinajstić information content (AvgIpc) is 2.38. The van der Waals surface area contributed by atoms with Gasteiger partial charge in [-0.25, -0.2) is 9.97 Å². The Morgan fingerprint density at radius 3 is 2.82 bits per heavy atom.